The fourth-order valence-electron chi connectivity index (χ4n) is 3.90. The average Bonchev–Trinajstić information content (AvgIpc) is 3.05. The van der Waals surface area contributed by atoms with Crippen LogP contribution in [0.2, 0.25) is 0 Å². The number of likely N-dealkylation sites (N-methyl/N-ethyl adjacent to an activating group) is 1. The maximum absolute atomic E-state index is 4.45. The molecule has 0 fully saturated rings. The highest BCUT2D eigenvalue weighted by Crippen LogP contribution is 2.30. The van der Waals surface area contributed by atoms with Crippen LogP contribution in [0.4, 0.5) is 0 Å². The van der Waals surface area contributed by atoms with Gasteiger partial charge in [0.25, 0.3) is 0 Å². The van der Waals surface area contributed by atoms with Crippen LogP contribution in [-0.4, -0.2) is 32.8 Å². The minimum atomic E-state index is 0.106. The van der Waals surface area contributed by atoms with E-state index in [2.05, 4.69) is 79.7 Å². The number of rotatable bonds is 2. The lowest BCUT2D eigenvalue weighted by Gasteiger charge is -2.42. The summed E-state index contributed by atoms with van der Waals surface area (Å²) < 4.78 is 1.90. The molecule has 0 spiro atoms. The molecule has 5 nitrogen and oxygen atoms in total. The van der Waals surface area contributed by atoms with Crippen molar-refractivity contribution in [2.24, 2.45) is 0 Å². The van der Waals surface area contributed by atoms with Crippen molar-refractivity contribution in [2.75, 3.05) is 7.05 Å². The molecule has 1 aliphatic rings. The molecule has 5 heteroatoms. The van der Waals surface area contributed by atoms with Gasteiger partial charge in [-0.2, -0.15) is 4.68 Å². The normalized spacial score (nSPS) is 21.8. The van der Waals surface area contributed by atoms with Crippen LogP contribution in [-0.2, 0) is 6.42 Å². The first-order valence-corrected chi connectivity index (χ1v) is 8.75. The highest BCUT2D eigenvalue weighted by atomic mass is 15.6. The second-order valence-corrected chi connectivity index (χ2v) is 7.61. The molecule has 2 atom stereocenters. The molecule has 0 bridgehead atoms. The summed E-state index contributed by atoms with van der Waals surface area (Å²) in [6, 6.07) is 17.0. The van der Waals surface area contributed by atoms with Crippen molar-refractivity contribution in [3.05, 3.63) is 71.0 Å². The first kappa shape index (κ1) is 16.0. The van der Waals surface area contributed by atoms with Gasteiger partial charge in [-0.3, -0.25) is 0 Å². The number of quaternary nitrogens is 1. The molecule has 128 valence electrons. The number of hydrogen-bond donors (Lipinski definition) is 1. The third kappa shape index (κ3) is 2.55. The monoisotopic (exact) mass is 334 g/mol. The van der Waals surface area contributed by atoms with Gasteiger partial charge in [-0.25, -0.2) is 0 Å². The maximum atomic E-state index is 4.45. The lowest BCUT2D eigenvalue weighted by atomic mass is 9.81. The van der Waals surface area contributed by atoms with Crippen LogP contribution < -0.4 is 4.90 Å². The molecule has 0 amide bonds. The molecular weight excluding hydrogens is 310 g/mol. The summed E-state index contributed by atoms with van der Waals surface area (Å²) in [6.45, 7) is 6.72. The topological polar surface area (TPSA) is 48.0 Å². The van der Waals surface area contributed by atoms with Gasteiger partial charge in [0.05, 0.1) is 18.3 Å². The zero-order chi connectivity index (χ0) is 17.6. The Bertz CT molecular complexity index is 912. The number of benzene rings is 2. The fraction of sp³-hybridized carbons (Fsp3) is 0.350. The number of para-hydroxylation sites is 1. The van der Waals surface area contributed by atoms with E-state index in [0.29, 0.717) is 0 Å². The van der Waals surface area contributed by atoms with E-state index in [1.165, 1.54) is 16.0 Å². The second-order valence-electron chi connectivity index (χ2n) is 7.61. The van der Waals surface area contributed by atoms with Crippen molar-refractivity contribution < 1.29 is 4.90 Å². The summed E-state index contributed by atoms with van der Waals surface area (Å²) in [5.74, 6) is 0.895. The van der Waals surface area contributed by atoms with Crippen molar-refractivity contribution in [2.45, 2.75) is 38.8 Å². The van der Waals surface area contributed by atoms with Gasteiger partial charge in [-0.1, -0.05) is 42.5 Å². The Balaban J connectivity index is 1.91. The van der Waals surface area contributed by atoms with Gasteiger partial charge < -0.3 is 4.90 Å². The molecule has 1 unspecified atom stereocenters. The Morgan fingerprint density at radius 2 is 1.80 bits per heavy atom. The number of nitrogens with one attached hydrogen (secondary N) is 1. The largest absolute Gasteiger partial charge is 0.320 e. The van der Waals surface area contributed by atoms with Crippen molar-refractivity contribution in [1.29, 1.82) is 0 Å². The predicted octanol–water partition coefficient (Wildman–Crippen LogP) is 1.91. The van der Waals surface area contributed by atoms with Gasteiger partial charge in [-0.05, 0) is 48.4 Å². The zero-order valence-electron chi connectivity index (χ0n) is 15.2. The van der Waals surface area contributed by atoms with E-state index < -0.39 is 0 Å². The number of nitrogens with zero attached hydrogens (tertiary/aromatic N) is 4. The zero-order valence-corrected chi connectivity index (χ0v) is 15.2. The fourth-order valence-corrected chi connectivity index (χ4v) is 3.90. The molecule has 2 aromatic carbocycles. The molecule has 4 rings (SSSR count). The van der Waals surface area contributed by atoms with Crippen LogP contribution in [0.15, 0.2) is 48.5 Å². The molecule has 0 aliphatic carbocycles. The Morgan fingerprint density at radius 1 is 1.08 bits per heavy atom. The van der Waals surface area contributed by atoms with Gasteiger partial charge in [0.2, 0.25) is 5.82 Å². The lowest BCUT2D eigenvalue weighted by molar-refractivity contribution is -0.957. The Labute approximate surface area is 148 Å². The van der Waals surface area contributed by atoms with E-state index in [0.717, 1.165) is 23.5 Å². The van der Waals surface area contributed by atoms with E-state index >= 15 is 0 Å². The van der Waals surface area contributed by atoms with Crippen molar-refractivity contribution in [3.8, 4) is 5.69 Å². The van der Waals surface area contributed by atoms with Crippen LogP contribution in [0, 0.1) is 6.92 Å². The third-order valence-corrected chi connectivity index (χ3v) is 5.59. The molecular formula is C20H24N5+. The second kappa shape index (κ2) is 5.77. The standard InChI is InChI=1S/C20H23N5/c1-14-9-5-8-12-17(14)25-19(21-22-23-25)18-16-11-7-6-10-15(16)13-20(2,3)24(18)4/h5-12,18H,13H2,1-4H3/p+1/t18-/m1/s1. The lowest BCUT2D eigenvalue weighted by Crippen LogP contribution is -3.18. The van der Waals surface area contributed by atoms with Gasteiger partial charge >= 0.3 is 0 Å². The average molecular weight is 334 g/mol. The SMILES string of the molecule is Cc1ccccc1-n1nnnc1[C@H]1c2ccccc2CC(C)(C)[NH+]1C. The van der Waals surface area contributed by atoms with Crippen molar-refractivity contribution in [3.63, 3.8) is 0 Å². The van der Waals surface area contributed by atoms with Gasteiger partial charge in [0.1, 0.15) is 0 Å². The van der Waals surface area contributed by atoms with Crippen LogP contribution in [0.5, 0.6) is 0 Å². The van der Waals surface area contributed by atoms with Crippen LogP contribution >= 0.6 is 0 Å². The molecule has 3 aromatic rings. The molecule has 1 aliphatic heterocycles. The highest BCUT2D eigenvalue weighted by Gasteiger charge is 2.44. The first-order chi connectivity index (χ1) is 12.0. The third-order valence-electron chi connectivity index (χ3n) is 5.59. The number of aryl methyl sites for hydroxylation is 1. The maximum Gasteiger partial charge on any atom is 0.219 e. The molecule has 2 heterocycles. The summed E-state index contributed by atoms with van der Waals surface area (Å²) in [7, 11) is 2.25. The summed E-state index contributed by atoms with van der Waals surface area (Å²) in [5.41, 5.74) is 5.03. The van der Waals surface area contributed by atoms with E-state index in [1.54, 1.807) is 0 Å². The van der Waals surface area contributed by atoms with Crippen LogP contribution in [0.1, 0.15) is 42.4 Å². The quantitative estimate of drug-likeness (QED) is 0.779. The Morgan fingerprint density at radius 3 is 2.60 bits per heavy atom. The minimum Gasteiger partial charge on any atom is -0.320 e. The predicted molar refractivity (Wildman–Crippen MR) is 96.8 cm³/mol. The summed E-state index contributed by atoms with van der Waals surface area (Å²) in [5, 5.41) is 12.8. The van der Waals surface area contributed by atoms with E-state index in [4.69, 9.17) is 0 Å². The number of hydrogen-bond acceptors (Lipinski definition) is 3. The van der Waals surface area contributed by atoms with Crippen LogP contribution in [0.25, 0.3) is 5.69 Å². The smallest absolute Gasteiger partial charge is 0.219 e. The van der Waals surface area contributed by atoms with Crippen molar-refractivity contribution in [1.82, 2.24) is 20.2 Å². The van der Waals surface area contributed by atoms with Gasteiger partial charge in [-0.15, -0.1) is 5.10 Å². The highest BCUT2D eigenvalue weighted by molar-refractivity contribution is 5.41. The van der Waals surface area contributed by atoms with Gasteiger partial charge in [0.15, 0.2) is 6.04 Å². The first-order valence-electron chi connectivity index (χ1n) is 8.75. The summed E-state index contributed by atoms with van der Waals surface area (Å²) in [4.78, 5) is 1.41. The van der Waals surface area contributed by atoms with Gasteiger partial charge in [0, 0.05) is 12.0 Å². The molecule has 0 radical (unpaired) electrons. The number of aromatic nitrogens is 4. The summed E-state index contributed by atoms with van der Waals surface area (Å²) >= 11 is 0. The molecule has 1 N–H and O–H groups in total. The van der Waals surface area contributed by atoms with Crippen LogP contribution in [0.3, 0.4) is 0 Å². The number of tetrazole rings is 1. The number of fused-ring (bicyclic) bond motifs is 1. The molecule has 0 saturated heterocycles. The molecule has 1 aromatic heterocycles. The molecule has 0 saturated carbocycles. The summed E-state index contributed by atoms with van der Waals surface area (Å²) in [6.07, 6.45) is 1.05. The van der Waals surface area contributed by atoms with E-state index in [9.17, 15) is 0 Å². The van der Waals surface area contributed by atoms with E-state index in [1.807, 2.05) is 16.8 Å². The Hall–Kier alpha value is -2.53. The van der Waals surface area contributed by atoms with Crippen molar-refractivity contribution >= 4 is 0 Å². The Kier molecular flexibility index (Phi) is 3.69. The van der Waals surface area contributed by atoms with E-state index in [-0.39, 0.29) is 11.6 Å². The minimum absolute atomic E-state index is 0.106. The molecule has 25 heavy (non-hydrogen) atoms.